The van der Waals surface area contributed by atoms with Gasteiger partial charge < -0.3 is 11.1 Å². The molecule has 1 saturated carbocycles. The van der Waals surface area contributed by atoms with Crippen molar-refractivity contribution in [2.24, 2.45) is 11.8 Å². The Bertz CT molecular complexity index is 447. The van der Waals surface area contributed by atoms with Gasteiger partial charge in [0.05, 0.1) is 11.9 Å². The molecule has 112 valence electrons. The van der Waals surface area contributed by atoms with Gasteiger partial charge in [0.15, 0.2) is 0 Å². The van der Waals surface area contributed by atoms with Crippen molar-refractivity contribution in [2.75, 3.05) is 12.3 Å². The molecule has 5 heteroatoms. The van der Waals surface area contributed by atoms with Crippen LogP contribution in [-0.2, 0) is 6.54 Å². The molecule has 0 bridgehead atoms. The van der Waals surface area contributed by atoms with Crippen LogP contribution >= 0.6 is 0 Å². The number of anilines is 1. The third-order valence-corrected chi connectivity index (χ3v) is 4.48. The number of aromatic nitrogens is 2. The second-order valence-electron chi connectivity index (χ2n) is 5.77. The molecule has 0 spiro atoms. The summed E-state index contributed by atoms with van der Waals surface area (Å²) in [6.45, 7) is 5.63. The predicted octanol–water partition coefficient (Wildman–Crippen LogP) is 2.43. The topological polar surface area (TPSA) is 72.9 Å². The van der Waals surface area contributed by atoms with Crippen LogP contribution in [0.3, 0.4) is 0 Å². The Hall–Kier alpha value is -1.52. The van der Waals surface area contributed by atoms with E-state index in [0.29, 0.717) is 23.8 Å². The van der Waals surface area contributed by atoms with Crippen LogP contribution in [0.25, 0.3) is 0 Å². The summed E-state index contributed by atoms with van der Waals surface area (Å²) in [7, 11) is 0. The summed E-state index contributed by atoms with van der Waals surface area (Å²) in [5, 5.41) is 7.13. The third-order valence-electron chi connectivity index (χ3n) is 4.48. The zero-order valence-corrected chi connectivity index (χ0v) is 12.6. The molecule has 1 heterocycles. The van der Waals surface area contributed by atoms with Crippen LogP contribution in [0.4, 0.5) is 5.69 Å². The van der Waals surface area contributed by atoms with E-state index < -0.39 is 0 Å². The Morgan fingerprint density at radius 2 is 2.00 bits per heavy atom. The van der Waals surface area contributed by atoms with Crippen LogP contribution in [0, 0.1) is 11.8 Å². The summed E-state index contributed by atoms with van der Waals surface area (Å²) >= 11 is 0. The number of nitrogens with zero attached hydrogens (tertiary/aromatic N) is 2. The average molecular weight is 278 g/mol. The van der Waals surface area contributed by atoms with E-state index in [1.165, 1.54) is 32.1 Å². The number of rotatable bonds is 5. The molecular weight excluding hydrogens is 252 g/mol. The van der Waals surface area contributed by atoms with Crippen molar-refractivity contribution in [3.63, 3.8) is 0 Å². The number of aryl methyl sites for hydroxylation is 1. The van der Waals surface area contributed by atoms with Crippen LogP contribution in [0.5, 0.6) is 0 Å². The Labute approximate surface area is 120 Å². The molecule has 0 atom stereocenters. The molecule has 1 amide bonds. The van der Waals surface area contributed by atoms with Crippen LogP contribution < -0.4 is 11.1 Å². The Morgan fingerprint density at radius 1 is 1.35 bits per heavy atom. The van der Waals surface area contributed by atoms with Crippen molar-refractivity contribution in [3.8, 4) is 0 Å². The molecule has 3 N–H and O–H groups in total. The lowest BCUT2D eigenvalue weighted by atomic mass is 9.81. The first-order chi connectivity index (χ1) is 9.65. The van der Waals surface area contributed by atoms with Crippen molar-refractivity contribution >= 4 is 11.6 Å². The van der Waals surface area contributed by atoms with E-state index in [1.807, 2.05) is 6.92 Å². The summed E-state index contributed by atoms with van der Waals surface area (Å²) < 4.78 is 1.65. The molecular formula is C15H26N4O. The SMILES string of the molecule is CCC1CCC(CNC(=O)c2c(N)cnn2CC)CC1. The number of nitrogens with two attached hydrogens (primary N) is 1. The molecule has 0 radical (unpaired) electrons. The van der Waals surface area contributed by atoms with E-state index in [1.54, 1.807) is 10.9 Å². The smallest absolute Gasteiger partial charge is 0.271 e. The summed E-state index contributed by atoms with van der Waals surface area (Å²) in [4.78, 5) is 12.2. The van der Waals surface area contributed by atoms with Crippen LogP contribution in [0.2, 0.25) is 0 Å². The van der Waals surface area contributed by atoms with Gasteiger partial charge in [-0.15, -0.1) is 0 Å². The van der Waals surface area contributed by atoms with Crippen molar-refractivity contribution in [3.05, 3.63) is 11.9 Å². The molecule has 0 saturated heterocycles. The second kappa shape index (κ2) is 6.77. The highest BCUT2D eigenvalue weighted by Gasteiger charge is 2.22. The maximum Gasteiger partial charge on any atom is 0.271 e. The predicted molar refractivity (Wildman–Crippen MR) is 80.4 cm³/mol. The van der Waals surface area contributed by atoms with E-state index in [0.717, 1.165) is 12.5 Å². The van der Waals surface area contributed by atoms with Crippen molar-refractivity contribution < 1.29 is 4.79 Å². The van der Waals surface area contributed by atoms with Crippen LogP contribution in [-0.4, -0.2) is 22.2 Å². The minimum Gasteiger partial charge on any atom is -0.396 e. The number of carbonyl (C=O) groups excluding carboxylic acids is 1. The van der Waals surface area contributed by atoms with Gasteiger partial charge in [-0.1, -0.05) is 26.2 Å². The van der Waals surface area contributed by atoms with Gasteiger partial charge in [0.2, 0.25) is 0 Å². The number of nitrogen functional groups attached to an aromatic ring is 1. The molecule has 5 nitrogen and oxygen atoms in total. The molecule has 1 aliphatic rings. The van der Waals surface area contributed by atoms with Gasteiger partial charge in [0.25, 0.3) is 5.91 Å². The van der Waals surface area contributed by atoms with Crippen molar-refractivity contribution in [1.82, 2.24) is 15.1 Å². The second-order valence-corrected chi connectivity index (χ2v) is 5.77. The van der Waals surface area contributed by atoms with Gasteiger partial charge in [-0.2, -0.15) is 5.10 Å². The number of nitrogens with one attached hydrogen (secondary N) is 1. The minimum atomic E-state index is -0.0977. The van der Waals surface area contributed by atoms with Gasteiger partial charge in [0, 0.05) is 13.1 Å². The first-order valence-electron chi connectivity index (χ1n) is 7.75. The molecule has 1 aliphatic carbocycles. The van der Waals surface area contributed by atoms with E-state index >= 15 is 0 Å². The summed E-state index contributed by atoms with van der Waals surface area (Å²) in [6.07, 6.45) is 7.87. The van der Waals surface area contributed by atoms with Gasteiger partial charge >= 0.3 is 0 Å². The van der Waals surface area contributed by atoms with Gasteiger partial charge in [-0.3, -0.25) is 9.48 Å². The maximum atomic E-state index is 12.2. The Balaban J connectivity index is 1.85. The standard InChI is InChI=1S/C15H26N4O/c1-3-11-5-7-12(8-6-11)9-17-15(20)14-13(16)10-18-19(14)4-2/h10-12H,3-9,16H2,1-2H3,(H,17,20). The van der Waals surface area contributed by atoms with E-state index in [4.69, 9.17) is 5.73 Å². The van der Waals surface area contributed by atoms with Gasteiger partial charge in [0.1, 0.15) is 5.69 Å². The average Bonchev–Trinajstić information content (AvgIpc) is 2.86. The Kier molecular flexibility index (Phi) is 5.04. The molecule has 0 aromatic carbocycles. The molecule has 1 aromatic rings. The lowest BCUT2D eigenvalue weighted by Crippen LogP contribution is -2.33. The number of amides is 1. The lowest BCUT2D eigenvalue weighted by Gasteiger charge is -2.27. The largest absolute Gasteiger partial charge is 0.396 e. The molecule has 20 heavy (non-hydrogen) atoms. The first-order valence-corrected chi connectivity index (χ1v) is 7.75. The third kappa shape index (κ3) is 3.32. The normalized spacial score (nSPS) is 22.7. The summed E-state index contributed by atoms with van der Waals surface area (Å²) in [6, 6.07) is 0. The first kappa shape index (κ1) is 14.9. The van der Waals surface area contributed by atoms with Crippen molar-refractivity contribution in [2.45, 2.75) is 52.5 Å². The fourth-order valence-electron chi connectivity index (χ4n) is 3.05. The Morgan fingerprint density at radius 3 is 2.60 bits per heavy atom. The molecule has 2 rings (SSSR count). The number of hydrogen-bond donors (Lipinski definition) is 2. The monoisotopic (exact) mass is 278 g/mol. The fraction of sp³-hybridized carbons (Fsp3) is 0.733. The zero-order chi connectivity index (χ0) is 14.5. The highest BCUT2D eigenvalue weighted by Crippen LogP contribution is 2.30. The minimum absolute atomic E-state index is 0.0977. The summed E-state index contributed by atoms with van der Waals surface area (Å²) in [5.74, 6) is 1.40. The number of hydrogen-bond acceptors (Lipinski definition) is 3. The van der Waals surface area contributed by atoms with E-state index in [-0.39, 0.29) is 5.91 Å². The van der Waals surface area contributed by atoms with Gasteiger partial charge in [-0.05, 0) is 31.6 Å². The fourth-order valence-corrected chi connectivity index (χ4v) is 3.05. The van der Waals surface area contributed by atoms with E-state index in [9.17, 15) is 4.79 Å². The van der Waals surface area contributed by atoms with Crippen LogP contribution in [0.15, 0.2) is 6.20 Å². The molecule has 0 aliphatic heterocycles. The van der Waals surface area contributed by atoms with E-state index in [2.05, 4.69) is 17.3 Å². The highest BCUT2D eigenvalue weighted by molar-refractivity contribution is 5.97. The maximum absolute atomic E-state index is 12.2. The summed E-state index contributed by atoms with van der Waals surface area (Å²) in [5.41, 5.74) is 6.77. The van der Waals surface area contributed by atoms with Crippen LogP contribution in [0.1, 0.15) is 56.4 Å². The molecule has 1 aromatic heterocycles. The lowest BCUT2D eigenvalue weighted by molar-refractivity contribution is 0.0931. The van der Waals surface area contributed by atoms with Crippen molar-refractivity contribution in [1.29, 1.82) is 0 Å². The number of carbonyl (C=O) groups is 1. The molecule has 0 unspecified atom stereocenters. The highest BCUT2D eigenvalue weighted by atomic mass is 16.2. The quantitative estimate of drug-likeness (QED) is 0.868. The molecule has 1 fully saturated rings. The van der Waals surface area contributed by atoms with Gasteiger partial charge in [-0.25, -0.2) is 0 Å². The zero-order valence-electron chi connectivity index (χ0n) is 12.6.